The Hall–Kier alpha value is -1.75. The smallest absolute Gasteiger partial charge is 0.232 e. The molecule has 0 bridgehead atoms. The molecule has 82 valence electrons. The molecule has 0 aliphatic rings. The maximum Gasteiger partial charge on any atom is 0.232 e. The van der Waals surface area contributed by atoms with Crippen molar-refractivity contribution >= 4 is 28.2 Å². The van der Waals surface area contributed by atoms with Crippen LogP contribution in [0.2, 0.25) is 0 Å². The predicted octanol–water partition coefficient (Wildman–Crippen LogP) is 1.58. The van der Waals surface area contributed by atoms with Crippen molar-refractivity contribution in [3.05, 3.63) is 29.5 Å². The summed E-state index contributed by atoms with van der Waals surface area (Å²) in [5.41, 5.74) is 8.89. The normalized spacial score (nSPS) is 10.4. The van der Waals surface area contributed by atoms with Gasteiger partial charge in [0.25, 0.3) is 0 Å². The van der Waals surface area contributed by atoms with Gasteiger partial charge in [0.2, 0.25) is 5.88 Å². The number of aromatic nitrogens is 2. The number of methoxy groups -OCH3 is 1. The van der Waals surface area contributed by atoms with E-state index in [0.29, 0.717) is 16.4 Å². The molecule has 0 unspecified atom stereocenters. The number of hydrogen-bond acceptors (Lipinski definition) is 4. The second kappa shape index (κ2) is 4.02. The number of fused-ring (bicyclic) bond motifs is 1. The van der Waals surface area contributed by atoms with Crippen LogP contribution >= 0.6 is 12.2 Å². The van der Waals surface area contributed by atoms with E-state index in [1.54, 1.807) is 13.3 Å². The first kappa shape index (κ1) is 10.8. The molecule has 2 N–H and O–H groups in total. The van der Waals surface area contributed by atoms with Crippen LogP contribution in [0, 0.1) is 6.92 Å². The number of thiocarbonyl (C=S) groups is 1. The van der Waals surface area contributed by atoms with E-state index >= 15 is 0 Å². The van der Waals surface area contributed by atoms with E-state index in [-0.39, 0.29) is 0 Å². The zero-order valence-corrected chi connectivity index (χ0v) is 9.84. The predicted molar refractivity (Wildman–Crippen MR) is 66.7 cm³/mol. The Balaban J connectivity index is 2.78. The van der Waals surface area contributed by atoms with Gasteiger partial charge in [-0.3, -0.25) is 0 Å². The lowest BCUT2D eigenvalue weighted by Crippen LogP contribution is -2.11. The summed E-state index contributed by atoms with van der Waals surface area (Å²) < 4.78 is 5.02. The fourth-order valence-electron chi connectivity index (χ4n) is 1.53. The third-order valence-corrected chi connectivity index (χ3v) is 2.46. The molecule has 0 saturated carbocycles. The monoisotopic (exact) mass is 233 g/mol. The fourth-order valence-corrected chi connectivity index (χ4v) is 1.69. The van der Waals surface area contributed by atoms with Crippen molar-refractivity contribution in [1.29, 1.82) is 0 Å². The maximum atomic E-state index is 5.65. The van der Waals surface area contributed by atoms with Crippen LogP contribution in [-0.4, -0.2) is 22.1 Å². The molecular formula is C11H11N3OS. The van der Waals surface area contributed by atoms with Gasteiger partial charge in [-0.15, -0.1) is 0 Å². The molecule has 0 saturated heterocycles. The molecule has 16 heavy (non-hydrogen) atoms. The van der Waals surface area contributed by atoms with E-state index < -0.39 is 0 Å². The lowest BCUT2D eigenvalue weighted by atomic mass is 10.1. The van der Waals surface area contributed by atoms with Crippen molar-refractivity contribution in [2.45, 2.75) is 6.92 Å². The van der Waals surface area contributed by atoms with Gasteiger partial charge in [0.15, 0.2) is 0 Å². The Bertz CT molecular complexity index is 568. The zero-order valence-electron chi connectivity index (χ0n) is 9.02. The third-order valence-electron chi connectivity index (χ3n) is 2.24. The van der Waals surface area contributed by atoms with Gasteiger partial charge in [0, 0.05) is 5.56 Å². The van der Waals surface area contributed by atoms with E-state index in [9.17, 15) is 0 Å². The van der Waals surface area contributed by atoms with Crippen LogP contribution in [0.4, 0.5) is 0 Å². The first-order valence-electron chi connectivity index (χ1n) is 4.73. The number of benzene rings is 1. The number of rotatable bonds is 2. The van der Waals surface area contributed by atoms with Crippen molar-refractivity contribution in [3.63, 3.8) is 0 Å². The van der Waals surface area contributed by atoms with E-state index in [2.05, 4.69) is 9.97 Å². The van der Waals surface area contributed by atoms with Crippen LogP contribution < -0.4 is 10.5 Å². The summed E-state index contributed by atoms with van der Waals surface area (Å²) in [5.74, 6) is 0.479. The summed E-state index contributed by atoms with van der Waals surface area (Å²) in [5, 5.41) is 0. The lowest BCUT2D eigenvalue weighted by Gasteiger charge is -2.06. The van der Waals surface area contributed by atoms with E-state index in [0.717, 1.165) is 16.6 Å². The van der Waals surface area contributed by atoms with Gasteiger partial charge in [0.1, 0.15) is 4.99 Å². The number of ether oxygens (including phenoxy) is 1. The first-order valence-corrected chi connectivity index (χ1v) is 5.14. The van der Waals surface area contributed by atoms with Crippen LogP contribution in [0.15, 0.2) is 18.3 Å². The average molecular weight is 233 g/mol. The summed E-state index contributed by atoms with van der Waals surface area (Å²) in [6.45, 7) is 1.96. The molecule has 0 spiro atoms. The Morgan fingerprint density at radius 1 is 1.44 bits per heavy atom. The highest BCUT2D eigenvalue weighted by molar-refractivity contribution is 7.80. The molecule has 2 aromatic rings. The summed E-state index contributed by atoms with van der Waals surface area (Å²) in [7, 11) is 1.56. The highest BCUT2D eigenvalue weighted by Gasteiger charge is 2.08. The molecule has 0 aliphatic carbocycles. The Morgan fingerprint density at radius 3 is 2.81 bits per heavy atom. The molecular weight excluding hydrogens is 222 g/mol. The van der Waals surface area contributed by atoms with Gasteiger partial charge < -0.3 is 10.5 Å². The van der Waals surface area contributed by atoms with Gasteiger partial charge in [-0.05, 0) is 24.6 Å². The minimum absolute atomic E-state index is 0.327. The summed E-state index contributed by atoms with van der Waals surface area (Å²) in [6, 6.07) is 3.83. The molecule has 0 aliphatic heterocycles. The molecule has 0 fully saturated rings. The molecule has 0 radical (unpaired) electrons. The molecule has 1 aromatic carbocycles. The molecule has 2 rings (SSSR count). The van der Waals surface area contributed by atoms with E-state index in [1.165, 1.54) is 0 Å². The quantitative estimate of drug-likeness (QED) is 0.798. The zero-order chi connectivity index (χ0) is 11.7. The van der Waals surface area contributed by atoms with Crippen LogP contribution in [0.1, 0.15) is 11.1 Å². The third kappa shape index (κ3) is 1.81. The molecule has 0 amide bonds. The van der Waals surface area contributed by atoms with Gasteiger partial charge in [-0.25, -0.2) is 9.97 Å². The largest absolute Gasteiger partial charge is 0.480 e. The van der Waals surface area contributed by atoms with Crippen molar-refractivity contribution in [2.24, 2.45) is 5.73 Å². The van der Waals surface area contributed by atoms with Crippen LogP contribution in [-0.2, 0) is 0 Å². The van der Waals surface area contributed by atoms with Gasteiger partial charge in [-0.2, -0.15) is 0 Å². The van der Waals surface area contributed by atoms with Gasteiger partial charge in [0.05, 0.1) is 24.3 Å². The summed E-state index contributed by atoms with van der Waals surface area (Å²) in [4.78, 5) is 8.88. The lowest BCUT2D eigenvalue weighted by molar-refractivity contribution is 0.397. The second-order valence-corrected chi connectivity index (χ2v) is 3.90. The minimum atomic E-state index is 0.327. The van der Waals surface area contributed by atoms with Crippen molar-refractivity contribution in [2.75, 3.05) is 7.11 Å². The standard InChI is InChI=1S/C11H11N3OS/c1-6-3-7(11(12)16)10-8(4-6)14-9(15-2)5-13-10/h3-5H,1-2H3,(H2,12,16). The summed E-state index contributed by atoms with van der Waals surface area (Å²) in [6.07, 6.45) is 1.56. The van der Waals surface area contributed by atoms with Gasteiger partial charge >= 0.3 is 0 Å². The first-order chi connectivity index (χ1) is 7.61. The fraction of sp³-hybridized carbons (Fsp3) is 0.182. The number of hydrogen-bond donors (Lipinski definition) is 1. The van der Waals surface area contributed by atoms with Crippen LogP contribution in [0.3, 0.4) is 0 Å². The van der Waals surface area contributed by atoms with Crippen molar-refractivity contribution in [3.8, 4) is 5.88 Å². The van der Waals surface area contributed by atoms with E-state index in [4.69, 9.17) is 22.7 Å². The second-order valence-electron chi connectivity index (χ2n) is 3.46. The molecule has 1 aromatic heterocycles. The summed E-state index contributed by atoms with van der Waals surface area (Å²) >= 11 is 4.99. The Morgan fingerprint density at radius 2 is 2.19 bits per heavy atom. The van der Waals surface area contributed by atoms with Crippen molar-refractivity contribution in [1.82, 2.24) is 9.97 Å². The van der Waals surface area contributed by atoms with Crippen LogP contribution in [0.25, 0.3) is 11.0 Å². The number of aryl methyl sites for hydroxylation is 1. The molecule has 5 heteroatoms. The Kier molecular flexibility index (Phi) is 2.70. The molecule has 0 atom stereocenters. The maximum absolute atomic E-state index is 5.65. The van der Waals surface area contributed by atoms with Crippen molar-refractivity contribution < 1.29 is 4.74 Å². The SMILES string of the molecule is COc1cnc2c(C(N)=S)cc(C)cc2n1. The van der Waals surface area contributed by atoms with E-state index in [1.807, 2.05) is 19.1 Å². The minimum Gasteiger partial charge on any atom is -0.480 e. The van der Waals surface area contributed by atoms with Gasteiger partial charge in [-0.1, -0.05) is 12.2 Å². The Labute approximate surface area is 98.5 Å². The average Bonchev–Trinajstić information content (AvgIpc) is 2.26. The molecule has 1 heterocycles. The van der Waals surface area contributed by atoms with Crippen LogP contribution in [0.5, 0.6) is 5.88 Å². The molecule has 4 nitrogen and oxygen atoms in total. The highest BCUT2D eigenvalue weighted by Crippen LogP contribution is 2.19. The number of nitrogens with two attached hydrogens (primary N) is 1. The topological polar surface area (TPSA) is 61.0 Å². The highest BCUT2D eigenvalue weighted by atomic mass is 32.1. The number of nitrogens with zero attached hydrogens (tertiary/aromatic N) is 2.